The molecule has 6 nitrogen and oxygen atoms in total. The van der Waals surface area contributed by atoms with Crippen molar-refractivity contribution in [2.75, 3.05) is 0 Å². The molecule has 41 heavy (non-hydrogen) atoms. The van der Waals surface area contributed by atoms with Crippen molar-refractivity contribution in [2.24, 2.45) is 0 Å². The Morgan fingerprint density at radius 3 is 0.707 bits per heavy atom. The van der Waals surface area contributed by atoms with Gasteiger partial charge < -0.3 is 0 Å². The van der Waals surface area contributed by atoms with Crippen LogP contribution in [-0.2, 0) is 56.6 Å². The van der Waals surface area contributed by atoms with E-state index in [1.807, 2.05) is 0 Å². The van der Waals surface area contributed by atoms with Gasteiger partial charge in [-0.15, -0.1) is 0 Å². The van der Waals surface area contributed by atoms with Crippen molar-refractivity contribution in [1.29, 1.82) is 0 Å². The Labute approximate surface area is 261 Å². The number of aromatic nitrogens is 6. The van der Waals surface area contributed by atoms with Gasteiger partial charge in [-0.25, -0.2) is 0 Å². The van der Waals surface area contributed by atoms with Crippen LogP contribution in [0, 0.1) is 0 Å². The maximum atomic E-state index is 5.12. The molecule has 0 spiro atoms. The molecule has 0 amide bonds. The zero-order valence-corrected chi connectivity index (χ0v) is 30.9. The van der Waals surface area contributed by atoms with Crippen LogP contribution < -0.4 is 0 Å². The monoisotopic (exact) mass is 597 g/mol. The van der Waals surface area contributed by atoms with Crippen LogP contribution in [-0.4, -0.2) is 30.6 Å². The SMILES string of the molecule is CC(C)(C)c1n[nH]c(C(C)(C)C)c1[C]([Ti])(c1c(C(C)(C)C)n[nH]c1C(C)(C)C)c1c(C(C)(C)C)n[nH]c1C(C)(C)C. The van der Waals surface area contributed by atoms with Gasteiger partial charge in [-0.05, 0) is 0 Å². The molecule has 227 valence electrons. The first-order chi connectivity index (χ1) is 18.0. The summed E-state index contributed by atoms with van der Waals surface area (Å²) < 4.78 is -0.630. The van der Waals surface area contributed by atoms with E-state index in [2.05, 4.69) is 160 Å². The predicted octanol–water partition coefficient (Wildman–Crippen LogP) is 8.48. The van der Waals surface area contributed by atoms with Gasteiger partial charge in [-0.1, -0.05) is 0 Å². The van der Waals surface area contributed by atoms with Gasteiger partial charge in [0.1, 0.15) is 0 Å². The van der Waals surface area contributed by atoms with E-state index in [4.69, 9.17) is 15.3 Å². The van der Waals surface area contributed by atoms with Crippen molar-refractivity contribution >= 4 is 0 Å². The second-order valence-corrected chi connectivity index (χ2v) is 19.4. The van der Waals surface area contributed by atoms with Crippen LogP contribution in [0.5, 0.6) is 0 Å². The minimum absolute atomic E-state index is 0.172. The maximum absolute atomic E-state index is 5.12. The van der Waals surface area contributed by atoms with E-state index in [0.717, 1.165) is 34.2 Å². The van der Waals surface area contributed by atoms with E-state index < -0.39 is 3.72 Å². The van der Waals surface area contributed by atoms with E-state index >= 15 is 0 Å². The Kier molecular flexibility index (Phi) is 8.21. The Balaban J connectivity index is 2.85. The molecule has 0 aliphatic rings. The average molecular weight is 598 g/mol. The topological polar surface area (TPSA) is 86.0 Å². The zero-order chi connectivity index (χ0) is 31.9. The second-order valence-electron chi connectivity index (χ2n) is 18.2. The van der Waals surface area contributed by atoms with Crippen molar-refractivity contribution in [3.8, 4) is 0 Å². The molecule has 3 rings (SSSR count). The number of aromatic amines is 3. The van der Waals surface area contributed by atoms with Gasteiger partial charge in [0.2, 0.25) is 0 Å². The molecular weight excluding hydrogens is 540 g/mol. The van der Waals surface area contributed by atoms with Crippen LogP contribution in [0.2, 0.25) is 0 Å². The molecule has 7 heteroatoms. The molecule has 0 aliphatic heterocycles. The van der Waals surface area contributed by atoms with E-state index in [0.29, 0.717) is 0 Å². The molecule has 0 saturated heterocycles. The van der Waals surface area contributed by atoms with Crippen molar-refractivity contribution in [3.05, 3.63) is 50.9 Å². The third-order valence-electron chi connectivity index (χ3n) is 7.81. The summed E-state index contributed by atoms with van der Waals surface area (Å²) in [4.78, 5) is 0. The number of rotatable bonds is 3. The zero-order valence-electron chi connectivity index (χ0n) is 29.3. The molecule has 0 radical (unpaired) electrons. The summed E-state index contributed by atoms with van der Waals surface area (Å²) in [6.07, 6.45) is 0. The van der Waals surface area contributed by atoms with Crippen LogP contribution >= 0.6 is 0 Å². The van der Waals surface area contributed by atoms with E-state index in [1.54, 1.807) is 0 Å². The average Bonchev–Trinajstić information content (AvgIpc) is 3.46. The summed E-state index contributed by atoms with van der Waals surface area (Å²) >= 11 is 2.42. The summed E-state index contributed by atoms with van der Waals surface area (Å²) in [5.41, 5.74) is 9.37. The van der Waals surface area contributed by atoms with E-state index in [1.165, 1.54) is 16.7 Å². The van der Waals surface area contributed by atoms with Gasteiger partial charge in [-0.3, -0.25) is 0 Å². The number of hydrogen-bond acceptors (Lipinski definition) is 3. The molecule has 3 aromatic rings. The molecular formula is C34H57N6Ti. The van der Waals surface area contributed by atoms with Gasteiger partial charge in [0, 0.05) is 0 Å². The van der Waals surface area contributed by atoms with Crippen molar-refractivity contribution in [3.63, 3.8) is 0 Å². The molecule has 3 aromatic heterocycles. The Morgan fingerprint density at radius 2 is 0.561 bits per heavy atom. The van der Waals surface area contributed by atoms with Crippen LogP contribution in [0.3, 0.4) is 0 Å². The van der Waals surface area contributed by atoms with Crippen LogP contribution in [0.25, 0.3) is 0 Å². The first-order valence-corrected chi connectivity index (χ1v) is 15.9. The number of nitrogens with zero attached hydrogens (tertiary/aromatic N) is 3. The quantitative estimate of drug-likeness (QED) is 0.265. The molecule has 3 N–H and O–H groups in total. The van der Waals surface area contributed by atoms with Gasteiger partial charge in [0.25, 0.3) is 0 Å². The van der Waals surface area contributed by atoms with Gasteiger partial charge in [0.05, 0.1) is 0 Å². The number of hydrogen-bond donors (Lipinski definition) is 3. The normalized spacial score (nSPS) is 14.7. The Morgan fingerprint density at radius 1 is 0.366 bits per heavy atom. The summed E-state index contributed by atoms with van der Waals surface area (Å²) in [5.74, 6) is 0. The summed E-state index contributed by atoms with van der Waals surface area (Å²) in [7, 11) is 0. The molecule has 0 unspecified atom stereocenters. The van der Waals surface area contributed by atoms with Crippen LogP contribution in [0.15, 0.2) is 0 Å². The fraction of sp³-hybridized carbons (Fsp3) is 0.735. The summed E-state index contributed by atoms with van der Waals surface area (Å²) in [6, 6.07) is 0. The van der Waals surface area contributed by atoms with Gasteiger partial charge in [0.15, 0.2) is 0 Å². The number of nitrogens with one attached hydrogen (secondary N) is 3. The standard InChI is InChI=1S/C34H57N6.Ti/c1-29(2,3)23-20(24(36-35-23)30(4,5)6)19(21-25(31(7,8)9)37-38-26(21)32(10,11)12)22-27(33(13,14)15)39-40-28(22)34(16,17)18;/h1-18H3,(H,35,36)(H,37,38)(H,39,40);. The first-order valence-electron chi connectivity index (χ1n) is 15.1. The molecule has 3 heterocycles. The van der Waals surface area contributed by atoms with E-state index in [-0.39, 0.29) is 32.5 Å². The summed E-state index contributed by atoms with van der Waals surface area (Å²) in [6.45, 7) is 41.0. The predicted molar refractivity (Wildman–Crippen MR) is 168 cm³/mol. The summed E-state index contributed by atoms with van der Waals surface area (Å²) in [5, 5.41) is 26.1. The van der Waals surface area contributed by atoms with Crippen LogP contribution in [0.1, 0.15) is 175 Å². The molecule has 0 saturated carbocycles. The Bertz CT molecular complexity index is 1130. The van der Waals surface area contributed by atoms with Gasteiger partial charge in [-0.2, -0.15) is 0 Å². The fourth-order valence-electron chi connectivity index (χ4n) is 5.75. The molecule has 0 fully saturated rings. The third-order valence-corrected chi connectivity index (χ3v) is 8.98. The minimum atomic E-state index is -0.630. The molecule has 0 aromatic carbocycles. The van der Waals surface area contributed by atoms with Crippen molar-refractivity contribution in [2.45, 2.75) is 161 Å². The fourth-order valence-corrected chi connectivity index (χ4v) is 6.89. The van der Waals surface area contributed by atoms with Crippen molar-refractivity contribution in [1.82, 2.24) is 30.6 Å². The van der Waals surface area contributed by atoms with E-state index in [9.17, 15) is 0 Å². The molecule has 0 atom stereocenters. The van der Waals surface area contributed by atoms with Crippen LogP contribution in [0.4, 0.5) is 0 Å². The Hall–Kier alpha value is -1.66. The number of H-pyrrole nitrogens is 3. The third kappa shape index (κ3) is 6.07. The van der Waals surface area contributed by atoms with Crippen molar-refractivity contribution < 1.29 is 20.4 Å². The molecule has 0 bridgehead atoms. The second kappa shape index (κ2) is 9.94. The van der Waals surface area contributed by atoms with Gasteiger partial charge >= 0.3 is 263 Å². The first kappa shape index (κ1) is 33.8. The molecule has 0 aliphatic carbocycles.